The fourth-order valence-electron chi connectivity index (χ4n) is 1.51. The van der Waals surface area contributed by atoms with Gasteiger partial charge in [0.2, 0.25) is 5.91 Å². The second-order valence-corrected chi connectivity index (χ2v) is 3.78. The summed E-state index contributed by atoms with van der Waals surface area (Å²) in [6.45, 7) is 1.98. The predicted molar refractivity (Wildman–Crippen MR) is 64.4 cm³/mol. The molecule has 1 aromatic rings. The molecule has 0 saturated carbocycles. The van der Waals surface area contributed by atoms with Crippen LogP contribution >= 0.6 is 0 Å². The van der Waals surface area contributed by atoms with Gasteiger partial charge in [-0.3, -0.25) is 4.79 Å². The summed E-state index contributed by atoms with van der Waals surface area (Å²) in [7, 11) is 3.94. The number of carbonyl (C=O) groups is 1. The van der Waals surface area contributed by atoms with Crippen molar-refractivity contribution in [2.45, 2.75) is 13.3 Å². The number of nitriles is 1. The number of hydrogen-bond acceptors (Lipinski definition) is 3. The van der Waals surface area contributed by atoms with Gasteiger partial charge in [0.25, 0.3) is 0 Å². The van der Waals surface area contributed by atoms with E-state index in [1.165, 1.54) is 0 Å². The van der Waals surface area contributed by atoms with Crippen LogP contribution in [0.1, 0.15) is 12.0 Å². The molecule has 0 atom stereocenters. The van der Waals surface area contributed by atoms with Gasteiger partial charge in [-0.25, -0.2) is 0 Å². The monoisotopic (exact) mass is 217 g/mol. The second-order valence-electron chi connectivity index (χ2n) is 3.78. The van der Waals surface area contributed by atoms with E-state index in [9.17, 15) is 4.79 Å². The van der Waals surface area contributed by atoms with E-state index in [0.29, 0.717) is 0 Å². The molecule has 1 amide bonds. The molecule has 84 valence electrons. The van der Waals surface area contributed by atoms with Gasteiger partial charge >= 0.3 is 0 Å². The standard InChI is InChI=1S/C12H15N3O/c1-9-8-10(14-12(16)6-7-13)4-5-11(9)15(2)3/h4-5,8H,6H2,1-3H3,(H,14,16). The minimum absolute atomic E-state index is 0.117. The summed E-state index contributed by atoms with van der Waals surface area (Å²) in [6, 6.07) is 7.48. The number of hydrogen-bond donors (Lipinski definition) is 1. The highest BCUT2D eigenvalue weighted by Gasteiger charge is 2.04. The van der Waals surface area contributed by atoms with Crippen LogP contribution in [0.25, 0.3) is 0 Å². The molecule has 0 bridgehead atoms. The molecule has 0 aliphatic carbocycles. The molecule has 0 aliphatic heterocycles. The third kappa shape index (κ3) is 2.99. The molecular weight excluding hydrogens is 202 g/mol. The minimum atomic E-state index is -0.278. The van der Waals surface area contributed by atoms with E-state index < -0.39 is 0 Å². The molecule has 1 aromatic carbocycles. The molecule has 1 rings (SSSR count). The Labute approximate surface area is 95.5 Å². The molecule has 0 spiro atoms. The van der Waals surface area contributed by atoms with E-state index in [4.69, 9.17) is 5.26 Å². The third-order valence-electron chi connectivity index (χ3n) is 2.20. The molecule has 0 unspecified atom stereocenters. The van der Waals surface area contributed by atoms with Gasteiger partial charge in [0.05, 0.1) is 6.07 Å². The predicted octanol–water partition coefficient (Wildman–Crippen LogP) is 1.91. The summed E-state index contributed by atoms with van der Waals surface area (Å²) in [4.78, 5) is 13.2. The maximum atomic E-state index is 11.2. The smallest absolute Gasteiger partial charge is 0.238 e. The largest absolute Gasteiger partial charge is 0.377 e. The number of carbonyl (C=O) groups excluding carboxylic acids is 1. The summed E-state index contributed by atoms with van der Waals surface area (Å²) < 4.78 is 0. The number of anilines is 2. The Hall–Kier alpha value is -2.02. The summed E-state index contributed by atoms with van der Waals surface area (Å²) in [5, 5.41) is 11.0. The second kappa shape index (κ2) is 5.17. The van der Waals surface area contributed by atoms with Crippen molar-refractivity contribution < 1.29 is 4.79 Å². The molecule has 0 radical (unpaired) electrons. The van der Waals surface area contributed by atoms with Crippen molar-refractivity contribution in [3.05, 3.63) is 23.8 Å². The SMILES string of the molecule is Cc1cc(NC(=O)CC#N)ccc1N(C)C. The number of amides is 1. The molecule has 0 fully saturated rings. The number of nitrogens with zero attached hydrogens (tertiary/aromatic N) is 2. The normalized spacial score (nSPS) is 9.38. The average Bonchev–Trinajstić information content (AvgIpc) is 2.17. The zero-order chi connectivity index (χ0) is 12.1. The van der Waals surface area contributed by atoms with Gasteiger partial charge in [-0.1, -0.05) is 0 Å². The van der Waals surface area contributed by atoms with Crippen molar-refractivity contribution in [1.29, 1.82) is 5.26 Å². The highest BCUT2D eigenvalue weighted by molar-refractivity contribution is 5.92. The van der Waals surface area contributed by atoms with Crippen LogP contribution in [0.15, 0.2) is 18.2 Å². The number of benzene rings is 1. The van der Waals surface area contributed by atoms with Crippen LogP contribution in [0.3, 0.4) is 0 Å². The third-order valence-corrected chi connectivity index (χ3v) is 2.20. The Balaban J connectivity index is 2.82. The summed E-state index contributed by atoms with van der Waals surface area (Å²) in [5.41, 5.74) is 2.92. The van der Waals surface area contributed by atoms with Crippen LogP contribution in [0.5, 0.6) is 0 Å². The minimum Gasteiger partial charge on any atom is -0.377 e. The van der Waals surface area contributed by atoms with Crippen molar-refractivity contribution in [3.63, 3.8) is 0 Å². The zero-order valence-electron chi connectivity index (χ0n) is 9.74. The molecule has 1 N–H and O–H groups in total. The zero-order valence-corrected chi connectivity index (χ0v) is 9.74. The van der Waals surface area contributed by atoms with E-state index >= 15 is 0 Å². The molecule has 0 aromatic heterocycles. The van der Waals surface area contributed by atoms with Crippen LogP contribution in [0.2, 0.25) is 0 Å². The lowest BCUT2D eigenvalue weighted by atomic mass is 10.1. The van der Waals surface area contributed by atoms with E-state index in [1.807, 2.05) is 50.2 Å². The van der Waals surface area contributed by atoms with Gasteiger partial charge in [0.15, 0.2) is 0 Å². The van der Waals surface area contributed by atoms with Crippen molar-refractivity contribution in [1.82, 2.24) is 0 Å². The van der Waals surface area contributed by atoms with Gasteiger partial charge in [0.1, 0.15) is 6.42 Å². The van der Waals surface area contributed by atoms with Crippen molar-refractivity contribution >= 4 is 17.3 Å². The van der Waals surface area contributed by atoms with Crippen LogP contribution in [-0.2, 0) is 4.79 Å². The van der Waals surface area contributed by atoms with Crippen molar-refractivity contribution in [2.24, 2.45) is 0 Å². The lowest BCUT2D eigenvalue weighted by molar-refractivity contribution is -0.115. The Bertz CT molecular complexity index is 432. The van der Waals surface area contributed by atoms with Gasteiger partial charge in [0, 0.05) is 25.5 Å². The fraction of sp³-hybridized carbons (Fsp3) is 0.333. The first kappa shape index (κ1) is 12.1. The first-order valence-electron chi connectivity index (χ1n) is 4.99. The van der Waals surface area contributed by atoms with Crippen LogP contribution in [0, 0.1) is 18.3 Å². The Kier molecular flexibility index (Phi) is 3.90. The Morgan fingerprint density at radius 1 is 1.50 bits per heavy atom. The number of nitrogens with one attached hydrogen (secondary N) is 1. The maximum absolute atomic E-state index is 11.2. The fourth-order valence-corrected chi connectivity index (χ4v) is 1.51. The molecule has 4 nitrogen and oxygen atoms in total. The van der Waals surface area contributed by atoms with Crippen LogP contribution in [-0.4, -0.2) is 20.0 Å². The van der Waals surface area contributed by atoms with E-state index in [2.05, 4.69) is 5.32 Å². The Morgan fingerprint density at radius 2 is 2.19 bits per heavy atom. The number of rotatable bonds is 3. The van der Waals surface area contributed by atoms with Crippen LogP contribution in [0.4, 0.5) is 11.4 Å². The first-order chi connectivity index (χ1) is 7.54. The summed E-state index contributed by atoms with van der Waals surface area (Å²) in [6.07, 6.45) is -0.117. The van der Waals surface area contributed by atoms with Crippen molar-refractivity contribution in [3.8, 4) is 6.07 Å². The van der Waals surface area contributed by atoms with E-state index in [1.54, 1.807) is 0 Å². The molecule has 4 heteroatoms. The van der Waals surface area contributed by atoms with Gasteiger partial charge in [-0.05, 0) is 30.7 Å². The quantitative estimate of drug-likeness (QED) is 0.841. The lowest BCUT2D eigenvalue weighted by Crippen LogP contribution is -2.12. The average molecular weight is 217 g/mol. The van der Waals surface area contributed by atoms with Gasteiger partial charge in [-0.15, -0.1) is 0 Å². The molecule has 0 saturated heterocycles. The summed E-state index contributed by atoms with van der Waals surface area (Å²) >= 11 is 0. The Morgan fingerprint density at radius 3 is 2.69 bits per heavy atom. The maximum Gasteiger partial charge on any atom is 0.238 e. The highest BCUT2D eigenvalue weighted by atomic mass is 16.1. The van der Waals surface area contributed by atoms with E-state index in [-0.39, 0.29) is 12.3 Å². The summed E-state index contributed by atoms with van der Waals surface area (Å²) in [5.74, 6) is -0.278. The van der Waals surface area contributed by atoms with Crippen molar-refractivity contribution in [2.75, 3.05) is 24.3 Å². The number of aryl methyl sites for hydroxylation is 1. The van der Waals surface area contributed by atoms with E-state index in [0.717, 1.165) is 16.9 Å². The first-order valence-corrected chi connectivity index (χ1v) is 4.99. The van der Waals surface area contributed by atoms with Crippen LogP contribution < -0.4 is 10.2 Å². The topological polar surface area (TPSA) is 56.1 Å². The van der Waals surface area contributed by atoms with Gasteiger partial charge in [-0.2, -0.15) is 5.26 Å². The highest BCUT2D eigenvalue weighted by Crippen LogP contribution is 2.21. The molecule has 16 heavy (non-hydrogen) atoms. The lowest BCUT2D eigenvalue weighted by Gasteiger charge is -2.16. The molecule has 0 heterocycles. The molecule has 0 aliphatic rings. The van der Waals surface area contributed by atoms with Gasteiger partial charge < -0.3 is 10.2 Å². The molecular formula is C12H15N3O.